The number of fused-ring (bicyclic) bond motifs is 1. The van der Waals surface area contributed by atoms with Crippen LogP contribution in [0.15, 0.2) is 0 Å². The molecule has 0 bridgehead atoms. The van der Waals surface area contributed by atoms with Crippen LogP contribution in [-0.4, -0.2) is 61.0 Å². The van der Waals surface area contributed by atoms with Crippen molar-refractivity contribution in [3.05, 3.63) is 0 Å². The predicted octanol–water partition coefficient (Wildman–Crippen LogP) is 1.35. The van der Waals surface area contributed by atoms with Crippen LogP contribution in [0.25, 0.3) is 0 Å². The first-order valence-electron chi connectivity index (χ1n) is 7.99. The van der Waals surface area contributed by atoms with Crippen molar-refractivity contribution in [3.63, 3.8) is 0 Å². The van der Waals surface area contributed by atoms with E-state index in [1.54, 1.807) is 0 Å². The highest BCUT2D eigenvalue weighted by Gasteiger charge is 2.36. The number of piperidine rings is 2. The Hall–Kier alpha value is -0.320. The number of rotatable bonds is 2. The van der Waals surface area contributed by atoms with Gasteiger partial charge in [0.2, 0.25) is 5.91 Å². The summed E-state index contributed by atoms with van der Waals surface area (Å²) in [7, 11) is 0. The first-order chi connectivity index (χ1) is 9.25. The number of nitrogens with one attached hydrogen (secondary N) is 1. The van der Waals surface area contributed by atoms with Gasteiger partial charge < -0.3 is 10.2 Å². The van der Waals surface area contributed by atoms with E-state index in [-0.39, 0.29) is 18.4 Å². The van der Waals surface area contributed by atoms with Crippen molar-refractivity contribution < 1.29 is 4.79 Å². The number of likely N-dealkylation sites (tertiary alicyclic amines) is 2. The van der Waals surface area contributed by atoms with E-state index in [2.05, 4.69) is 22.0 Å². The van der Waals surface area contributed by atoms with Gasteiger partial charge in [-0.1, -0.05) is 0 Å². The monoisotopic (exact) mass is 301 g/mol. The summed E-state index contributed by atoms with van der Waals surface area (Å²) in [6, 6.07) is 0.0830. The molecule has 116 valence electrons. The van der Waals surface area contributed by atoms with Crippen LogP contribution in [0.1, 0.15) is 32.6 Å². The van der Waals surface area contributed by atoms with Crippen LogP contribution in [0.5, 0.6) is 0 Å². The second-order valence-corrected chi connectivity index (χ2v) is 6.52. The van der Waals surface area contributed by atoms with E-state index in [0.717, 1.165) is 44.6 Å². The molecular formula is C15H28ClN3O. The smallest absolute Gasteiger partial charge is 0.239 e. The van der Waals surface area contributed by atoms with Crippen LogP contribution in [0, 0.1) is 11.8 Å². The molecular weight excluding hydrogens is 274 g/mol. The van der Waals surface area contributed by atoms with Gasteiger partial charge in [0.15, 0.2) is 0 Å². The average Bonchev–Trinajstić information content (AvgIpc) is 2.94. The normalized spacial score (nSPS) is 32.4. The number of hydrogen-bond acceptors (Lipinski definition) is 3. The van der Waals surface area contributed by atoms with E-state index in [9.17, 15) is 4.79 Å². The van der Waals surface area contributed by atoms with Crippen molar-refractivity contribution in [2.24, 2.45) is 11.8 Å². The third kappa shape index (κ3) is 3.29. The maximum atomic E-state index is 12.6. The quantitative estimate of drug-likeness (QED) is 0.836. The van der Waals surface area contributed by atoms with Crippen LogP contribution in [0.4, 0.5) is 0 Å². The van der Waals surface area contributed by atoms with Gasteiger partial charge in [0.05, 0.1) is 6.04 Å². The first-order valence-corrected chi connectivity index (χ1v) is 7.99. The van der Waals surface area contributed by atoms with Crippen LogP contribution in [-0.2, 0) is 4.79 Å². The van der Waals surface area contributed by atoms with E-state index >= 15 is 0 Å². The number of carbonyl (C=O) groups excluding carboxylic acids is 1. The van der Waals surface area contributed by atoms with Gasteiger partial charge in [0, 0.05) is 19.6 Å². The fourth-order valence-corrected chi connectivity index (χ4v) is 3.95. The van der Waals surface area contributed by atoms with Crippen molar-refractivity contribution >= 4 is 18.3 Å². The molecule has 3 atom stereocenters. The molecule has 0 saturated carbocycles. The van der Waals surface area contributed by atoms with Crippen LogP contribution < -0.4 is 5.32 Å². The molecule has 3 saturated heterocycles. The molecule has 1 amide bonds. The van der Waals surface area contributed by atoms with E-state index in [4.69, 9.17) is 0 Å². The summed E-state index contributed by atoms with van der Waals surface area (Å²) in [5.74, 6) is 1.99. The molecule has 0 aliphatic carbocycles. The fraction of sp³-hybridized carbons (Fsp3) is 0.933. The Kier molecular flexibility index (Phi) is 5.70. The van der Waals surface area contributed by atoms with Gasteiger partial charge in [-0.3, -0.25) is 9.69 Å². The molecule has 3 aliphatic rings. The summed E-state index contributed by atoms with van der Waals surface area (Å²) in [6.07, 6.45) is 4.92. The molecule has 3 heterocycles. The highest BCUT2D eigenvalue weighted by molar-refractivity contribution is 5.85. The lowest BCUT2D eigenvalue weighted by molar-refractivity contribution is -0.138. The Morgan fingerprint density at radius 1 is 1.10 bits per heavy atom. The second kappa shape index (κ2) is 7.10. The molecule has 0 aromatic rings. The summed E-state index contributed by atoms with van der Waals surface area (Å²) < 4.78 is 0. The number of hydrogen-bond donors (Lipinski definition) is 1. The maximum absolute atomic E-state index is 12.6. The maximum Gasteiger partial charge on any atom is 0.239 e. The molecule has 3 rings (SSSR count). The lowest BCUT2D eigenvalue weighted by atomic mass is 9.88. The number of carbonyl (C=O) groups is 1. The zero-order valence-corrected chi connectivity index (χ0v) is 13.3. The Labute approximate surface area is 128 Å². The standard InChI is InChI=1S/C15H27N3O.ClH/c1-12(15(19)17-6-3-2-4-7-17)18-8-5-13-9-16-10-14(13)11-18;/h12-14,16H,2-11H2,1H3;1H. The van der Waals surface area contributed by atoms with Crippen LogP contribution in [0.2, 0.25) is 0 Å². The Morgan fingerprint density at radius 3 is 2.55 bits per heavy atom. The zero-order valence-electron chi connectivity index (χ0n) is 12.5. The minimum Gasteiger partial charge on any atom is -0.341 e. The first kappa shape index (κ1) is 16.1. The topological polar surface area (TPSA) is 35.6 Å². The highest BCUT2D eigenvalue weighted by Crippen LogP contribution is 2.28. The van der Waals surface area contributed by atoms with Gasteiger partial charge in [-0.15, -0.1) is 12.4 Å². The van der Waals surface area contributed by atoms with E-state index in [0.29, 0.717) is 5.91 Å². The lowest BCUT2D eigenvalue weighted by Crippen LogP contribution is -2.52. The third-order valence-corrected chi connectivity index (χ3v) is 5.31. The highest BCUT2D eigenvalue weighted by atomic mass is 35.5. The molecule has 3 aliphatic heterocycles. The van der Waals surface area contributed by atoms with Gasteiger partial charge in [-0.2, -0.15) is 0 Å². The van der Waals surface area contributed by atoms with E-state index in [1.807, 2.05) is 0 Å². The molecule has 0 aromatic carbocycles. The zero-order chi connectivity index (χ0) is 13.2. The molecule has 4 nitrogen and oxygen atoms in total. The lowest BCUT2D eigenvalue weighted by Gasteiger charge is -2.39. The van der Waals surface area contributed by atoms with Crippen LogP contribution in [0.3, 0.4) is 0 Å². The molecule has 3 fully saturated rings. The summed E-state index contributed by atoms with van der Waals surface area (Å²) in [5, 5.41) is 3.49. The average molecular weight is 302 g/mol. The van der Waals surface area contributed by atoms with Crippen molar-refractivity contribution in [2.45, 2.75) is 38.6 Å². The molecule has 1 N–H and O–H groups in total. The summed E-state index contributed by atoms with van der Waals surface area (Å²) in [5.41, 5.74) is 0. The van der Waals surface area contributed by atoms with Crippen molar-refractivity contribution in [2.75, 3.05) is 39.3 Å². The molecule has 0 aromatic heterocycles. The van der Waals surface area contributed by atoms with Crippen molar-refractivity contribution in [1.29, 1.82) is 0 Å². The van der Waals surface area contributed by atoms with Crippen LogP contribution >= 0.6 is 12.4 Å². The minimum absolute atomic E-state index is 0. The van der Waals surface area contributed by atoms with E-state index in [1.165, 1.54) is 32.2 Å². The summed E-state index contributed by atoms with van der Waals surface area (Å²) in [6.45, 7) is 8.61. The Bertz CT molecular complexity index is 333. The van der Waals surface area contributed by atoms with Gasteiger partial charge in [-0.05, 0) is 64.1 Å². The minimum atomic E-state index is 0. The summed E-state index contributed by atoms with van der Waals surface area (Å²) in [4.78, 5) is 17.1. The second-order valence-electron chi connectivity index (χ2n) is 6.52. The number of halogens is 1. The summed E-state index contributed by atoms with van der Waals surface area (Å²) >= 11 is 0. The molecule has 0 radical (unpaired) electrons. The number of nitrogens with zero attached hydrogens (tertiary/aromatic N) is 2. The van der Waals surface area contributed by atoms with Crippen molar-refractivity contribution in [1.82, 2.24) is 15.1 Å². The Morgan fingerprint density at radius 2 is 1.80 bits per heavy atom. The predicted molar refractivity (Wildman–Crippen MR) is 83.2 cm³/mol. The largest absolute Gasteiger partial charge is 0.341 e. The van der Waals surface area contributed by atoms with Gasteiger partial charge in [-0.25, -0.2) is 0 Å². The third-order valence-electron chi connectivity index (χ3n) is 5.31. The van der Waals surface area contributed by atoms with Gasteiger partial charge in [0.25, 0.3) is 0 Å². The molecule has 5 heteroatoms. The SMILES string of the molecule is CC(C(=O)N1CCCCC1)N1CCC2CNCC2C1.Cl. The molecule has 3 unspecified atom stereocenters. The Balaban J connectivity index is 0.00000147. The fourth-order valence-electron chi connectivity index (χ4n) is 3.95. The van der Waals surface area contributed by atoms with E-state index < -0.39 is 0 Å². The number of amides is 1. The van der Waals surface area contributed by atoms with Gasteiger partial charge in [0.1, 0.15) is 0 Å². The van der Waals surface area contributed by atoms with Gasteiger partial charge >= 0.3 is 0 Å². The van der Waals surface area contributed by atoms with Crippen molar-refractivity contribution in [3.8, 4) is 0 Å². The molecule has 0 spiro atoms. The molecule has 20 heavy (non-hydrogen) atoms.